The molecule has 0 aromatic heterocycles. The molecule has 19 heavy (non-hydrogen) atoms. The molecule has 0 atom stereocenters. The number of carbonyl (C=O) groups excluding carboxylic acids is 2. The van der Waals surface area contributed by atoms with Crippen molar-refractivity contribution < 1.29 is 19.2 Å². The van der Waals surface area contributed by atoms with Crippen LogP contribution in [0.15, 0.2) is 24.3 Å². The van der Waals surface area contributed by atoms with E-state index in [0.29, 0.717) is 5.75 Å². The van der Waals surface area contributed by atoms with Crippen molar-refractivity contribution in [1.29, 1.82) is 0 Å². The van der Waals surface area contributed by atoms with Crippen molar-refractivity contribution in [2.75, 3.05) is 6.61 Å². The van der Waals surface area contributed by atoms with Crippen LogP contribution in [0.4, 0.5) is 5.69 Å². The second-order valence-electron chi connectivity index (χ2n) is 4.50. The summed E-state index contributed by atoms with van der Waals surface area (Å²) in [4.78, 5) is 32.1. The van der Waals surface area contributed by atoms with E-state index in [1.807, 2.05) is 0 Å². The first-order chi connectivity index (χ1) is 8.86. The molecule has 6 nitrogen and oxygen atoms in total. The van der Waals surface area contributed by atoms with Crippen molar-refractivity contribution in [3.05, 3.63) is 34.4 Å². The highest BCUT2D eigenvalue weighted by atomic mass is 16.6. The van der Waals surface area contributed by atoms with E-state index in [4.69, 9.17) is 4.74 Å². The maximum absolute atomic E-state index is 11.6. The molecule has 0 N–H and O–H groups in total. The summed E-state index contributed by atoms with van der Waals surface area (Å²) >= 11 is 0. The number of carbonyl (C=O) groups is 1. The molecule has 1 aromatic carbocycles. The van der Waals surface area contributed by atoms with Gasteiger partial charge >= 0.3 is 0 Å². The molecule has 0 bridgehead atoms. The Kier molecular flexibility index (Phi) is 4.74. The van der Waals surface area contributed by atoms with Crippen LogP contribution in [-0.4, -0.2) is 23.6 Å². The Hall–Kier alpha value is -2.24. The van der Waals surface area contributed by atoms with Crippen LogP contribution in [-0.2, 0) is 9.59 Å². The van der Waals surface area contributed by atoms with Crippen LogP contribution in [0.25, 0.3) is 0 Å². The van der Waals surface area contributed by atoms with Crippen molar-refractivity contribution in [2.45, 2.75) is 20.3 Å². The average Bonchev–Trinajstić information content (AvgIpc) is 2.39. The number of ketones is 1. The average molecular weight is 264 g/mol. The highest BCUT2D eigenvalue weighted by molar-refractivity contribution is 5.97. The summed E-state index contributed by atoms with van der Waals surface area (Å²) in [6.45, 7) is 3.10. The minimum absolute atomic E-state index is 0.0277. The van der Waals surface area contributed by atoms with Crippen LogP contribution >= 0.6 is 0 Å². The summed E-state index contributed by atoms with van der Waals surface area (Å²) in [6, 6.07) is 5.56. The number of hydrogen-bond acceptors (Lipinski definition) is 5. The molecule has 0 saturated heterocycles. The molecule has 0 aliphatic heterocycles. The van der Waals surface area contributed by atoms with Crippen LogP contribution in [0.5, 0.6) is 5.75 Å². The van der Waals surface area contributed by atoms with Gasteiger partial charge in [-0.3, -0.25) is 19.7 Å². The Morgan fingerprint density at radius 3 is 2.42 bits per heavy atom. The first kappa shape index (κ1) is 14.8. The van der Waals surface area contributed by atoms with Gasteiger partial charge in [0.1, 0.15) is 11.5 Å². The molecule has 0 amide bonds. The maximum Gasteiger partial charge on any atom is 0.269 e. The minimum atomic E-state index is -1.13. The van der Waals surface area contributed by atoms with E-state index < -0.39 is 10.3 Å². The van der Waals surface area contributed by atoms with Crippen molar-refractivity contribution in [3.8, 4) is 5.75 Å². The number of nitrogens with zero attached hydrogens (tertiary/aromatic N) is 1. The zero-order valence-electron chi connectivity index (χ0n) is 10.7. The number of ether oxygens (including phenoxy) is 1. The predicted octanol–water partition coefficient (Wildman–Crippen LogP) is 2.07. The second kappa shape index (κ2) is 6.08. The van der Waals surface area contributed by atoms with E-state index in [9.17, 15) is 19.7 Å². The third-order valence-corrected chi connectivity index (χ3v) is 2.60. The van der Waals surface area contributed by atoms with Gasteiger partial charge in [0, 0.05) is 18.6 Å². The van der Waals surface area contributed by atoms with Crippen molar-refractivity contribution in [1.82, 2.24) is 0 Å². The number of nitro benzene ring substituents is 1. The molecule has 101 valence electrons. The summed E-state index contributed by atoms with van der Waals surface area (Å²) in [5.74, 6) is 0.177. The van der Waals surface area contributed by atoms with Crippen molar-refractivity contribution in [2.24, 2.45) is 5.41 Å². The summed E-state index contributed by atoms with van der Waals surface area (Å²) < 4.78 is 5.28. The van der Waals surface area contributed by atoms with Crippen LogP contribution in [0.2, 0.25) is 0 Å². The molecule has 0 fully saturated rings. The molecule has 0 spiro atoms. The van der Waals surface area contributed by atoms with Crippen LogP contribution in [0.3, 0.4) is 0 Å². The SMILES string of the molecule is CC(C)([C]=O)C(=O)CCOc1ccc([N+](=O)[O-])cc1. The zero-order chi connectivity index (χ0) is 14.5. The quantitative estimate of drug-likeness (QED) is 0.427. The van der Waals surface area contributed by atoms with Gasteiger partial charge in [-0.05, 0) is 26.0 Å². The van der Waals surface area contributed by atoms with Crippen molar-refractivity contribution in [3.63, 3.8) is 0 Å². The standard InChI is InChI=1S/C13H14NO5/c1-13(2,9-15)12(16)7-8-19-11-5-3-10(4-6-11)14(17)18/h3-6H,7-8H2,1-2H3. The van der Waals surface area contributed by atoms with E-state index >= 15 is 0 Å². The topological polar surface area (TPSA) is 86.5 Å². The van der Waals surface area contributed by atoms with Gasteiger partial charge in [-0.25, -0.2) is 0 Å². The van der Waals surface area contributed by atoms with E-state index in [1.54, 1.807) is 6.29 Å². The van der Waals surface area contributed by atoms with Gasteiger partial charge in [0.25, 0.3) is 5.69 Å². The molecule has 1 rings (SSSR count). The Labute approximate surface area is 110 Å². The lowest BCUT2D eigenvalue weighted by molar-refractivity contribution is -0.384. The molecule has 0 saturated carbocycles. The third kappa shape index (κ3) is 4.17. The lowest BCUT2D eigenvalue weighted by Gasteiger charge is -2.14. The van der Waals surface area contributed by atoms with E-state index in [2.05, 4.69) is 0 Å². The fourth-order valence-electron chi connectivity index (χ4n) is 1.30. The lowest BCUT2D eigenvalue weighted by atomic mass is 9.88. The summed E-state index contributed by atoms with van der Waals surface area (Å²) in [5, 5.41) is 10.4. The number of hydrogen-bond donors (Lipinski definition) is 0. The van der Waals surface area contributed by atoms with Crippen LogP contribution in [0.1, 0.15) is 20.3 Å². The minimum Gasteiger partial charge on any atom is -0.493 e. The molecule has 0 unspecified atom stereocenters. The number of benzene rings is 1. The van der Waals surface area contributed by atoms with Gasteiger partial charge in [0.15, 0.2) is 0 Å². The summed E-state index contributed by atoms with van der Waals surface area (Å²) in [6.07, 6.45) is 1.76. The highest BCUT2D eigenvalue weighted by Crippen LogP contribution is 2.19. The molecule has 0 aliphatic rings. The monoisotopic (exact) mass is 264 g/mol. The number of non-ortho nitro benzene ring substituents is 1. The first-order valence-electron chi connectivity index (χ1n) is 5.66. The van der Waals surface area contributed by atoms with Crippen LogP contribution < -0.4 is 4.74 Å². The number of rotatable bonds is 7. The first-order valence-corrected chi connectivity index (χ1v) is 5.66. The van der Waals surface area contributed by atoms with Crippen LogP contribution in [0, 0.1) is 15.5 Å². The molecular formula is C13H14NO5. The summed E-state index contributed by atoms with van der Waals surface area (Å²) in [7, 11) is 0. The Morgan fingerprint density at radius 2 is 1.95 bits per heavy atom. The Balaban J connectivity index is 2.48. The Morgan fingerprint density at radius 1 is 1.37 bits per heavy atom. The highest BCUT2D eigenvalue weighted by Gasteiger charge is 2.27. The zero-order valence-corrected chi connectivity index (χ0v) is 10.7. The maximum atomic E-state index is 11.6. The molecule has 6 heteroatoms. The fourth-order valence-corrected chi connectivity index (χ4v) is 1.30. The smallest absolute Gasteiger partial charge is 0.269 e. The van der Waals surface area contributed by atoms with E-state index in [1.165, 1.54) is 38.1 Å². The van der Waals surface area contributed by atoms with Gasteiger partial charge in [-0.2, -0.15) is 0 Å². The molecule has 1 radical (unpaired) electrons. The molecule has 0 aliphatic carbocycles. The largest absolute Gasteiger partial charge is 0.493 e. The second-order valence-corrected chi connectivity index (χ2v) is 4.50. The van der Waals surface area contributed by atoms with Gasteiger partial charge in [-0.1, -0.05) is 0 Å². The number of nitro groups is 1. The molecule has 1 aromatic rings. The summed E-state index contributed by atoms with van der Waals surface area (Å²) in [5.41, 5.74) is -1.15. The predicted molar refractivity (Wildman–Crippen MR) is 67.7 cm³/mol. The molecular weight excluding hydrogens is 250 g/mol. The normalized spacial score (nSPS) is 10.8. The lowest BCUT2D eigenvalue weighted by Crippen LogP contribution is -2.27. The van der Waals surface area contributed by atoms with Gasteiger partial charge in [0.2, 0.25) is 6.29 Å². The van der Waals surface area contributed by atoms with Gasteiger partial charge < -0.3 is 4.74 Å². The van der Waals surface area contributed by atoms with Crippen molar-refractivity contribution >= 4 is 17.8 Å². The Bertz CT molecular complexity index is 478. The van der Waals surface area contributed by atoms with E-state index in [0.717, 1.165) is 0 Å². The molecule has 0 heterocycles. The number of Topliss-reactive ketones (excluding diaryl/α,β-unsaturated/α-hetero) is 1. The third-order valence-electron chi connectivity index (χ3n) is 2.60. The fraction of sp³-hybridized carbons (Fsp3) is 0.385. The van der Waals surface area contributed by atoms with Gasteiger partial charge in [-0.15, -0.1) is 0 Å². The van der Waals surface area contributed by atoms with E-state index in [-0.39, 0.29) is 24.5 Å². The van der Waals surface area contributed by atoms with Gasteiger partial charge in [0.05, 0.1) is 16.9 Å².